The van der Waals surface area contributed by atoms with Gasteiger partial charge in [0.25, 0.3) is 0 Å². The van der Waals surface area contributed by atoms with Crippen LogP contribution in [0.25, 0.3) is 0 Å². The number of fused-ring (bicyclic) bond motifs is 1. The third-order valence-corrected chi connectivity index (χ3v) is 3.60. The van der Waals surface area contributed by atoms with Crippen LogP contribution in [0, 0.1) is 5.92 Å². The molecule has 0 radical (unpaired) electrons. The minimum Gasteiger partial charge on any atom is -0.409 e. The molecular weight excluding hydrogens is 242 g/mol. The Morgan fingerprint density at radius 2 is 2.16 bits per heavy atom. The lowest BCUT2D eigenvalue weighted by atomic mass is 9.83. The maximum absolute atomic E-state index is 12.3. The summed E-state index contributed by atoms with van der Waals surface area (Å²) in [6.45, 7) is 0.160. The Balaban J connectivity index is 2.02. The Bertz CT molecular complexity index is 499. The van der Waals surface area contributed by atoms with Gasteiger partial charge >= 0.3 is 0 Å². The Labute approximate surface area is 112 Å². The first kappa shape index (κ1) is 13.4. The highest BCUT2D eigenvalue weighted by Crippen LogP contribution is 2.26. The van der Waals surface area contributed by atoms with E-state index in [9.17, 15) is 4.79 Å². The van der Waals surface area contributed by atoms with Crippen LogP contribution >= 0.6 is 0 Å². The van der Waals surface area contributed by atoms with Crippen molar-refractivity contribution in [3.63, 3.8) is 0 Å². The van der Waals surface area contributed by atoms with E-state index in [4.69, 9.17) is 10.9 Å². The summed E-state index contributed by atoms with van der Waals surface area (Å²) in [6, 6.07) is 8.24. The minimum absolute atomic E-state index is 0.00797. The van der Waals surface area contributed by atoms with E-state index in [-0.39, 0.29) is 24.2 Å². The van der Waals surface area contributed by atoms with Crippen molar-refractivity contribution < 1.29 is 10.0 Å². The number of amides is 1. The molecule has 0 saturated heterocycles. The number of carbonyl (C=O) groups excluding carboxylic acids is 1. The van der Waals surface area contributed by atoms with Crippen molar-refractivity contribution in [2.24, 2.45) is 16.8 Å². The van der Waals surface area contributed by atoms with Crippen LogP contribution in [-0.2, 0) is 17.6 Å². The molecule has 0 fully saturated rings. The predicted octanol–water partition coefficient (Wildman–Crippen LogP) is 0.996. The van der Waals surface area contributed by atoms with Gasteiger partial charge in [-0.05, 0) is 30.4 Å². The molecule has 1 unspecified atom stereocenters. The van der Waals surface area contributed by atoms with Crippen LogP contribution in [0.3, 0.4) is 0 Å². The fraction of sp³-hybridized carbons (Fsp3) is 0.429. The van der Waals surface area contributed by atoms with E-state index in [2.05, 4.69) is 17.3 Å². The van der Waals surface area contributed by atoms with Crippen LogP contribution < -0.4 is 5.73 Å². The van der Waals surface area contributed by atoms with Gasteiger partial charge in [0.15, 0.2) is 5.84 Å². The molecule has 102 valence electrons. The number of oxime groups is 1. The highest BCUT2D eigenvalue weighted by atomic mass is 16.4. The molecule has 19 heavy (non-hydrogen) atoms. The van der Waals surface area contributed by atoms with Crippen molar-refractivity contribution in [3.05, 3.63) is 35.4 Å². The van der Waals surface area contributed by atoms with E-state index in [0.717, 1.165) is 19.3 Å². The van der Waals surface area contributed by atoms with Gasteiger partial charge in [-0.1, -0.05) is 29.4 Å². The van der Waals surface area contributed by atoms with E-state index in [1.807, 2.05) is 12.1 Å². The molecule has 0 spiro atoms. The number of carbonyl (C=O) groups is 1. The summed E-state index contributed by atoms with van der Waals surface area (Å²) in [5.74, 6) is 0.0968. The van der Waals surface area contributed by atoms with Crippen LogP contribution in [0.5, 0.6) is 0 Å². The van der Waals surface area contributed by atoms with E-state index in [1.54, 1.807) is 7.05 Å². The van der Waals surface area contributed by atoms with Gasteiger partial charge in [-0.25, -0.2) is 0 Å². The molecule has 1 aromatic carbocycles. The molecule has 1 atom stereocenters. The molecule has 1 aromatic rings. The van der Waals surface area contributed by atoms with Crippen molar-refractivity contribution >= 4 is 11.7 Å². The van der Waals surface area contributed by atoms with E-state index in [0.29, 0.717) is 0 Å². The Hall–Kier alpha value is -2.04. The summed E-state index contributed by atoms with van der Waals surface area (Å²) < 4.78 is 0. The first-order chi connectivity index (χ1) is 9.11. The smallest absolute Gasteiger partial charge is 0.226 e. The summed E-state index contributed by atoms with van der Waals surface area (Å²) in [5, 5.41) is 11.4. The molecule has 1 amide bonds. The number of hydrogen-bond acceptors (Lipinski definition) is 3. The quantitative estimate of drug-likeness (QED) is 0.369. The van der Waals surface area contributed by atoms with Crippen molar-refractivity contribution in [2.45, 2.75) is 19.3 Å². The lowest BCUT2D eigenvalue weighted by Gasteiger charge is -2.27. The molecule has 1 aliphatic carbocycles. The van der Waals surface area contributed by atoms with E-state index in [1.165, 1.54) is 16.0 Å². The number of rotatable bonds is 3. The Kier molecular flexibility index (Phi) is 4.04. The lowest BCUT2D eigenvalue weighted by molar-refractivity contribution is -0.133. The monoisotopic (exact) mass is 261 g/mol. The third kappa shape index (κ3) is 3.05. The molecule has 2 rings (SSSR count). The van der Waals surface area contributed by atoms with Crippen LogP contribution in [0.2, 0.25) is 0 Å². The highest BCUT2D eigenvalue weighted by molar-refractivity contribution is 5.87. The summed E-state index contributed by atoms with van der Waals surface area (Å²) in [6.07, 6.45) is 2.57. The van der Waals surface area contributed by atoms with Gasteiger partial charge in [0, 0.05) is 13.0 Å². The first-order valence-corrected chi connectivity index (χ1v) is 6.40. The summed E-state index contributed by atoms with van der Waals surface area (Å²) in [7, 11) is 1.68. The van der Waals surface area contributed by atoms with Crippen LogP contribution in [0.1, 0.15) is 17.5 Å². The Morgan fingerprint density at radius 3 is 2.84 bits per heavy atom. The predicted molar refractivity (Wildman–Crippen MR) is 73.0 cm³/mol. The zero-order valence-electron chi connectivity index (χ0n) is 11.0. The van der Waals surface area contributed by atoms with Gasteiger partial charge in [0.2, 0.25) is 5.91 Å². The maximum atomic E-state index is 12.3. The molecule has 3 N–H and O–H groups in total. The van der Waals surface area contributed by atoms with Crippen molar-refractivity contribution in [3.8, 4) is 0 Å². The van der Waals surface area contributed by atoms with E-state index < -0.39 is 0 Å². The normalized spacial score (nSPS) is 18.8. The first-order valence-electron chi connectivity index (χ1n) is 6.40. The van der Waals surface area contributed by atoms with Crippen LogP contribution in [0.4, 0.5) is 0 Å². The molecule has 0 saturated carbocycles. The second-order valence-electron chi connectivity index (χ2n) is 4.99. The summed E-state index contributed by atoms with van der Waals surface area (Å²) in [5.41, 5.74) is 8.02. The zero-order valence-corrected chi connectivity index (χ0v) is 11.0. The average molecular weight is 261 g/mol. The molecule has 0 aromatic heterocycles. The zero-order chi connectivity index (χ0) is 13.8. The number of nitrogens with two attached hydrogens (primary N) is 1. The second kappa shape index (κ2) is 5.73. The molecule has 1 aliphatic rings. The SMILES string of the molecule is CN(C/C(N)=N/O)C(=O)C1CCc2ccccc2C1. The number of nitrogens with zero attached hydrogens (tertiary/aromatic N) is 2. The molecule has 5 nitrogen and oxygen atoms in total. The number of aryl methyl sites for hydroxylation is 1. The molecule has 0 heterocycles. The topological polar surface area (TPSA) is 78.9 Å². The summed E-state index contributed by atoms with van der Waals surface area (Å²) in [4.78, 5) is 13.8. The number of amidine groups is 1. The number of hydrogen-bond donors (Lipinski definition) is 2. The molecule has 0 aliphatic heterocycles. The Morgan fingerprint density at radius 1 is 1.47 bits per heavy atom. The van der Waals surface area contributed by atoms with Gasteiger partial charge < -0.3 is 15.8 Å². The number of likely N-dealkylation sites (N-methyl/N-ethyl adjacent to an activating group) is 1. The molecule has 0 bridgehead atoms. The third-order valence-electron chi connectivity index (χ3n) is 3.60. The van der Waals surface area contributed by atoms with Crippen molar-refractivity contribution in [2.75, 3.05) is 13.6 Å². The molecule has 5 heteroatoms. The van der Waals surface area contributed by atoms with E-state index >= 15 is 0 Å². The second-order valence-corrected chi connectivity index (χ2v) is 4.99. The standard InChI is InChI=1S/C14H19N3O2/c1-17(9-13(15)16-19)14(18)12-7-6-10-4-2-3-5-11(10)8-12/h2-5,12,19H,6-9H2,1H3,(H2,15,16). The minimum atomic E-state index is -0.00797. The largest absolute Gasteiger partial charge is 0.409 e. The van der Waals surface area contributed by atoms with Crippen molar-refractivity contribution in [1.29, 1.82) is 0 Å². The van der Waals surface area contributed by atoms with Crippen molar-refractivity contribution in [1.82, 2.24) is 4.90 Å². The van der Waals surface area contributed by atoms with Gasteiger partial charge in [-0.15, -0.1) is 0 Å². The van der Waals surface area contributed by atoms with Crippen LogP contribution in [-0.4, -0.2) is 35.4 Å². The molecular formula is C14H19N3O2. The van der Waals surface area contributed by atoms with Crippen LogP contribution in [0.15, 0.2) is 29.4 Å². The fourth-order valence-corrected chi connectivity index (χ4v) is 2.57. The van der Waals surface area contributed by atoms with Gasteiger partial charge in [0.1, 0.15) is 0 Å². The van der Waals surface area contributed by atoms with Gasteiger partial charge in [-0.2, -0.15) is 0 Å². The fourth-order valence-electron chi connectivity index (χ4n) is 2.57. The average Bonchev–Trinajstić information content (AvgIpc) is 2.45. The van der Waals surface area contributed by atoms with Gasteiger partial charge in [0.05, 0.1) is 6.54 Å². The van der Waals surface area contributed by atoms with Gasteiger partial charge in [-0.3, -0.25) is 4.79 Å². The maximum Gasteiger partial charge on any atom is 0.226 e. The number of benzene rings is 1. The lowest BCUT2D eigenvalue weighted by Crippen LogP contribution is -2.40. The highest BCUT2D eigenvalue weighted by Gasteiger charge is 2.26. The summed E-state index contributed by atoms with van der Waals surface area (Å²) >= 11 is 0.